The molecule has 0 heterocycles. The van der Waals surface area contributed by atoms with Gasteiger partial charge in [0, 0.05) is 25.0 Å². The Hall–Kier alpha value is -1.59. The Labute approximate surface area is 181 Å². The van der Waals surface area contributed by atoms with Gasteiger partial charge in [-0.1, -0.05) is 39.2 Å². The van der Waals surface area contributed by atoms with Crippen LogP contribution < -0.4 is 5.32 Å². The fourth-order valence-electron chi connectivity index (χ4n) is 6.31. The molecule has 0 amide bonds. The van der Waals surface area contributed by atoms with Gasteiger partial charge >= 0.3 is 5.97 Å². The van der Waals surface area contributed by atoms with Crippen molar-refractivity contribution in [3.05, 3.63) is 29.3 Å². The predicted molar refractivity (Wildman–Crippen MR) is 119 cm³/mol. The van der Waals surface area contributed by atoms with Crippen molar-refractivity contribution in [2.45, 2.75) is 95.6 Å². The fourth-order valence-corrected chi connectivity index (χ4v) is 6.31. The monoisotopic (exact) mass is 417 g/mol. The van der Waals surface area contributed by atoms with Crippen LogP contribution in [0.3, 0.4) is 0 Å². The molecule has 3 N–H and O–H groups in total. The molecule has 3 rings (SSSR count). The van der Waals surface area contributed by atoms with Crippen LogP contribution in [-0.4, -0.2) is 42.0 Å². The second kappa shape index (κ2) is 9.69. The Kier molecular flexibility index (Phi) is 7.46. The summed E-state index contributed by atoms with van der Waals surface area (Å²) >= 11 is 0. The number of rotatable bonds is 9. The molecule has 0 saturated heterocycles. The molecule has 1 aromatic carbocycles. The maximum absolute atomic E-state index is 11.5. The summed E-state index contributed by atoms with van der Waals surface area (Å²) in [5, 5.41) is 23.5. The van der Waals surface area contributed by atoms with Crippen molar-refractivity contribution in [2.24, 2.45) is 5.41 Å². The lowest BCUT2D eigenvalue weighted by molar-refractivity contribution is -0.140. The quantitative estimate of drug-likeness (QED) is 0.538. The molecule has 2 aliphatic carbocycles. The van der Waals surface area contributed by atoms with Crippen molar-refractivity contribution in [3.63, 3.8) is 0 Å². The van der Waals surface area contributed by atoms with E-state index in [0.29, 0.717) is 5.75 Å². The summed E-state index contributed by atoms with van der Waals surface area (Å²) < 4.78 is 5.96. The third-order valence-electron chi connectivity index (χ3n) is 8.04. The number of phenolic OH excluding ortho intramolecular Hbond substituents is 1. The highest BCUT2D eigenvalue weighted by atomic mass is 16.5. The average Bonchev–Trinajstić information content (AvgIpc) is 2.73. The smallest absolute Gasteiger partial charge is 0.303 e. The molecule has 168 valence electrons. The summed E-state index contributed by atoms with van der Waals surface area (Å²) in [5.41, 5.74) is 2.30. The molecule has 2 aliphatic rings. The zero-order valence-corrected chi connectivity index (χ0v) is 18.9. The molecule has 0 aliphatic heterocycles. The van der Waals surface area contributed by atoms with E-state index in [0.717, 1.165) is 57.9 Å². The highest BCUT2D eigenvalue weighted by Gasteiger charge is 2.47. The van der Waals surface area contributed by atoms with Gasteiger partial charge in [-0.25, -0.2) is 0 Å². The van der Waals surface area contributed by atoms with E-state index < -0.39 is 5.97 Å². The molecule has 30 heavy (non-hydrogen) atoms. The molecular formula is C25H39NO4. The van der Waals surface area contributed by atoms with Crippen LogP contribution in [0.2, 0.25) is 0 Å². The topological polar surface area (TPSA) is 78.8 Å². The fraction of sp³-hybridized carbons (Fsp3) is 0.720. The van der Waals surface area contributed by atoms with Crippen LogP contribution in [0, 0.1) is 5.41 Å². The molecule has 5 nitrogen and oxygen atoms in total. The number of carboxylic acids is 1. The van der Waals surface area contributed by atoms with Gasteiger partial charge in [-0.2, -0.15) is 0 Å². The SMILES string of the molecule is CCC1(CC)c2cc(O)ccc2C[C@H](OC)[C@H]1NCCC1(CC(=O)O)CCCCC1. The van der Waals surface area contributed by atoms with Crippen molar-refractivity contribution in [1.29, 1.82) is 0 Å². The highest BCUT2D eigenvalue weighted by Crippen LogP contribution is 2.46. The molecular weight excluding hydrogens is 378 g/mol. The maximum Gasteiger partial charge on any atom is 0.303 e. The molecule has 1 saturated carbocycles. The van der Waals surface area contributed by atoms with Gasteiger partial charge in [-0.05, 0) is 67.3 Å². The number of nitrogens with one attached hydrogen (secondary N) is 1. The second-order valence-electron chi connectivity index (χ2n) is 9.50. The molecule has 1 aromatic rings. The summed E-state index contributed by atoms with van der Waals surface area (Å²) in [6.07, 6.45) is 9.49. The number of ether oxygens (including phenoxy) is 1. The summed E-state index contributed by atoms with van der Waals surface area (Å²) in [6, 6.07) is 5.89. The van der Waals surface area contributed by atoms with E-state index in [1.807, 2.05) is 12.1 Å². The lowest BCUT2D eigenvalue weighted by Crippen LogP contribution is -2.59. The molecule has 0 unspecified atom stereocenters. The van der Waals surface area contributed by atoms with E-state index in [1.165, 1.54) is 17.5 Å². The van der Waals surface area contributed by atoms with Crippen LogP contribution in [-0.2, 0) is 21.4 Å². The molecule has 0 aromatic heterocycles. The van der Waals surface area contributed by atoms with Crippen LogP contribution >= 0.6 is 0 Å². The van der Waals surface area contributed by atoms with Crippen LogP contribution in [0.5, 0.6) is 5.75 Å². The van der Waals surface area contributed by atoms with E-state index in [2.05, 4.69) is 19.2 Å². The van der Waals surface area contributed by atoms with Crippen molar-refractivity contribution in [2.75, 3.05) is 13.7 Å². The Morgan fingerprint density at radius 2 is 1.90 bits per heavy atom. The first-order chi connectivity index (χ1) is 14.4. The van der Waals surface area contributed by atoms with E-state index in [9.17, 15) is 15.0 Å². The zero-order valence-electron chi connectivity index (χ0n) is 18.9. The number of hydrogen-bond donors (Lipinski definition) is 3. The van der Waals surface area contributed by atoms with E-state index in [1.54, 1.807) is 13.2 Å². The molecule has 1 fully saturated rings. The number of carboxylic acid groups (broad SMARTS) is 1. The minimum Gasteiger partial charge on any atom is -0.508 e. The predicted octanol–water partition coefficient (Wildman–Crippen LogP) is 4.79. The van der Waals surface area contributed by atoms with Gasteiger partial charge in [0.15, 0.2) is 0 Å². The first-order valence-electron chi connectivity index (χ1n) is 11.7. The van der Waals surface area contributed by atoms with Crippen LogP contribution in [0.15, 0.2) is 18.2 Å². The Morgan fingerprint density at radius 3 is 2.50 bits per heavy atom. The Balaban J connectivity index is 1.82. The van der Waals surface area contributed by atoms with E-state index >= 15 is 0 Å². The van der Waals surface area contributed by atoms with Gasteiger partial charge in [0.1, 0.15) is 5.75 Å². The number of aliphatic carboxylic acids is 1. The number of phenols is 1. The maximum atomic E-state index is 11.5. The number of fused-ring (bicyclic) bond motifs is 1. The zero-order chi connectivity index (χ0) is 21.8. The van der Waals surface area contributed by atoms with Crippen LogP contribution in [0.1, 0.15) is 82.8 Å². The number of aromatic hydroxyl groups is 1. The molecule has 0 spiro atoms. The van der Waals surface area contributed by atoms with E-state index in [-0.39, 0.29) is 29.4 Å². The molecule has 0 bridgehead atoms. The summed E-state index contributed by atoms with van der Waals surface area (Å²) in [6.45, 7) is 5.24. The number of carbonyl (C=O) groups is 1. The lowest BCUT2D eigenvalue weighted by Gasteiger charge is -2.49. The van der Waals surface area contributed by atoms with E-state index in [4.69, 9.17) is 4.74 Å². The lowest BCUT2D eigenvalue weighted by atomic mass is 9.62. The highest BCUT2D eigenvalue weighted by molar-refractivity contribution is 5.67. The largest absolute Gasteiger partial charge is 0.508 e. The van der Waals surface area contributed by atoms with Gasteiger partial charge in [-0.15, -0.1) is 0 Å². The standard InChI is InChI=1S/C25H39NO4/c1-4-25(5-2)20-16-19(27)10-9-18(20)15-21(30-3)23(25)26-14-13-24(17-22(28)29)11-7-6-8-12-24/h9-10,16,21,23,26-27H,4-8,11-15,17H2,1-3H3,(H,28,29)/t21-,23+/m0/s1. The first kappa shape index (κ1) is 23.1. The summed E-state index contributed by atoms with van der Waals surface area (Å²) in [5.74, 6) is -0.359. The molecule has 5 heteroatoms. The van der Waals surface area contributed by atoms with Crippen LogP contribution in [0.25, 0.3) is 0 Å². The number of methoxy groups -OCH3 is 1. The second-order valence-corrected chi connectivity index (χ2v) is 9.50. The number of hydrogen-bond acceptors (Lipinski definition) is 4. The minimum atomic E-state index is -0.676. The van der Waals surface area contributed by atoms with Crippen molar-refractivity contribution in [3.8, 4) is 5.75 Å². The van der Waals surface area contributed by atoms with Gasteiger partial charge in [0.05, 0.1) is 12.5 Å². The number of benzene rings is 1. The summed E-state index contributed by atoms with van der Waals surface area (Å²) in [7, 11) is 1.79. The van der Waals surface area contributed by atoms with Crippen molar-refractivity contribution < 1.29 is 19.7 Å². The Bertz CT molecular complexity index is 722. The minimum absolute atomic E-state index is 0.0590. The third-order valence-corrected chi connectivity index (χ3v) is 8.04. The van der Waals surface area contributed by atoms with Gasteiger partial charge < -0.3 is 20.3 Å². The summed E-state index contributed by atoms with van der Waals surface area (Å²) in [4.78, 5) is 11.5. The average molecular weight is 418 g/mol. The normalized spacial score (nSPS) is 24.9. The van der Waals surface area contributed by atoms with Gasteiger partial charge in [0.2, 0.25) is 0 Å². The molecule has 2 atom stereocenters. The third kappa shape index (κ3) is 4.52. The van der Waals surface area contributed by atoms with Crippen LogP contribution in [0.4, 0.5) is 0 Å². The van der Waals surface area contributed by atoms with Crippen molar-refractivity contribution >= 4 is 5.97 Å². The van der Waals surface area contributed by atoms with Gasteiger partial charge in [-0.3, -0.25) is 4.79 Å². The first-order valence-corrected chi connectivity index (χ1v) is 11.7. The van der Waals surface area contributed by atoms with Gasteiger partial charge in [0.25, 0.3) is 0 Å². The molecule has 0 radical (unpaired) electrons. The van der Waals surface area contributed by atoms with Crippen molar-refractivity contribution in [1.82, 2.24) is 5.32 Å². The Morgan fingerprint density at radius 1 is 1.20 bits per heavy atom.